The van der Waals surface area contributed by atoms with Gasteiger partial charge in [0.25, 0.3) is 0 Å². The van der Waals surface area contributed by atoms with Gasteiger partial charge in [-0.2, -0.15) is 74.6 Å². The highest BCUT2D eigenvalue weighted by molar-refractivity contribution is 5.90. The zero-order valence-corrected chi connectivity index (χ0v) is 36.2. The molecular formula is C41H55F17N2O6. The lowest BCUT2D eigenvalue weighted by atomic mass is 9.88. The number of carbonyl (C=O) groups excluding carboxylic acids is 3. The highest BCUT2D eigenvalue weighted by atomic mass is 19.4. The van der Waals surface area contributed by atoms with E-state index in [9.17, 15) is 89.0 Å². The van der Waals surface area contributed by atoms with Crippen LogP contribution in [0.25, 0.3) is 0 Å². The third kappa shape index (κ3) is 16.1. The molecule has 1 rings (SSSR count). The van der Waals surface area contributed by atoms with Gasteiger partial charge in [-0.1, -0.05) is 52.4 Å². The van der Waals surface area contributed by atoms with Crippen LogP contribution < -0.4 is 20.1 Å². The van der Waals surface area contributed by atoms with Crippen LogP contribution in [0.2, 0.25) is 0 Å². The van der Waals surface area contributed by atoms with E-state index in [-0.39, 0.29) is 49.4 Å². The molecule has 0 unspecified atom stereocenters. The molecule has 1 aromatic rings. The van der Waals surface area contributed by atoms with Crippen LogP contribution in [0.3, 0.4) is 0 Å². The van der Waals surface area contributed by atoms with Gasteiger partial charge in [0.05, 0.1) is 31.8 Å². The van der Waals surface area contributed by atoms with Crippen molar-refractivity contribution in [2.24, 2.45) is 0 Å². The van der Waals surface area contributed by atoms with Gasteiger partial charge in [-0.05, 0) is 63.5 Å². The second kappa shape index (κ2) is 26.0. The third-order valence-corrected chi connectivity index (χ3v) is 9.89. The van der Waals surface area contributed by atoms with Crippen LogP contribution >= 0.6 is 0 Å². The molecule has 66 heavy (non-hydrogen) atoms. The monoisotopic (exact) mass is 994 g/mol. The standard InChI is InChI=1S/C41H55F17N2O6/c1-3-5-7-13-20-59-31(61)17-11-9-15-22-64-29-25-28(26-30(27-29)65-23-16-10-12-18-32(62)60-21-14-8-6-4-2)33(63)66-24-19-34(42,43)35(44,45)36(46,47)37(48,49)38(50,51)39(52,53)40(54,55)41(56,57)58/h25-27H,3-24H2,1-2H3,(H,59,61)(H,60,62). The summed E-state index contributed by atoms with van der Waals surface area (Å²) in [5, 5.41) is 5.59. The van der Waals surface area contributed by atoms with Crippen LogP contribution in [-0.2, 0) is 14.3 Å². The number of benzene rings is 1. The van der Waals surface area contributed by atoms with Crippen LogP contribution in [0, 0.1) is 0 Å². The topological polar surface area (TPSA) is 103 Å². The van der Waals surface area contributed by atoms with Crippen molar-refractivity contribution >= 4 is 17.8 Å². The van der Waals surface area contributed by atoms with Crippen LogP contribution in [0.1, 0.15) is 133 Å². The molecule has 0 aliphatic heterocycles. The summed E-state index contributed by atoms with van der Waals surface area (Å²) >= 11 is 0. The first-order chi connectivity index (χ1) is 30.4. The number of nitrogens with one attached hydrogen (secondary N) is 2. The van der Waals surface area contributed by atoms with E-state index in [0.29, 0.717) is 51.6 Å². The van der Waals surface area contributed by atoms with Gasteiger partial charge in [0.15, 0.2) is 0 Å². The van der Waals surface area contributed by atoms with Crippen molar-refractivity contribution in [3.63, 3.8) is 0 Å². The molecule has 0 aliphatic carbocycles. The Morgan fingerprint density at radius 3 is 1.23 bits per heavy atom. The number of halogens is 17. The summed E-state index contributed by atoms with van der Waals surface area (Å²) in [6, 6.07) is 3.06. The van der Waals surface area contributed by atoms with Gasteiger partial charge >= 0.3 is 53.6 Å². The van der Waals surface area contributed by atoms with Gasteiger partial charge in [0, 0.05) is 32.0 Å². The van der Waals surface area contributed by atoms with Gasteiger partial charge in [0.1, 0.15) is 11.5 Å². The zero-order valence-electron chi connectivity index (χ0n) is 36.2. The fourth-order valence-electron chi connectivity index (χ4n) is 5.81. The molecule has 0 saturated heterocycles. The van der Waals surface area contributed by atoms with Gasteiger partial charge in [-0.3, -0.25) is 9.59 Å². The van der Waals surface area contributed by atoms with E-state index in [4.69, 9.17) is 9.47 Å². The Labute approximate surface area is 370 Å². The predicted octanol–water partition coefficient (Wildman–Crippen LogP) is 12.5. The minimum Gasteiger partial charge on any atom is -0.493 e. The molecule has 0 saturated carbocycles. The average molecular weight is 995 g/mol. The van der Waals surface area contributed by atoms with E-state index < -0.39 is 72.2 Å². The van der Waals surface area contributed by atoms with E-state index in [1.807, 2.05) is 13.8 Å². The van der Waals surface area contributed by atoms with Crippen molar-refractivity contribution in [3.05, 3.63) is 23.8 Å². The van der Waals surface area contributed by atoms with Crippen LogP contribution in [-0.4, -0.2) is 98.3 Å². The van der Waals surface area contributed by atoms with Crippen LogP contribution in [0.4, 0.5) is 74.6 Å². The first-order valence-corrected chi connectivity index (χ1v) is 21.2. The van der Waals surface area contributed by atoms with E-state index in [2.05, 4.69) is 15.4 Å². The Morgan fingerprint density at radius 2 is 0.833 bits per heavy atom. The molecule has 384 valence electrons. The number of hydrogen-bond donors (Lipinski definition) is 2. The first kappa shape index (κ1) is 60.1. The second-order valence-electron chi connectivity index (χ2n) is 15.4. The van der Waals surface area contributed by atoms with E-state index in [1.54, 1.807) is 0 Å². The number of hydrogen-bond acceptors (Lipinski definition) is 6. The van der Waals surface area contributed by atoms with Gasteiger partial charge in [0.2, 0.25) is 11.8 Å². The number of ether oxygens (including phenoxy) is 3. The lowest BCUT2D eigenvalue weighted by molar-refractivity contribution is -0.461. The summed E-state index contributed by atoms with van der Waals surface area (Å²) in [5.41, 5.74) is -0.645. The zero-order chi connectivity index (χ0) is 50.7. The minimum absolute atomic E-state index is 0.0454. The van der Waals surface area contributed by atoms with Crippen molar-refractivity contribution in [2.75, 3.05) is 32.9 Å². The van der Waals surface area contributed by atoms with Crippen molar-refractivity contribution in [1.82, 2.24) is 10.6 Å². The molecule has 0 fully saturated rings. The summed E-state index contributed by atoms with van der Waals surface area (Å²) in [7, 11) is 0. The van der Waals surface area contributed by atoms with Gasteiger partial charge < -0.3 is 24.8 Å². The molecule has 8 nitrogen and oxygen atoms in total. The molecule has 0 atom stereocenters. The molecule has 0 spiro atoms. The summed E-state index contributed by atoms with van der Waals surface area (Å²) in [6.07, 6.45) is -0.0927. The number of unbranched alkanes of at least 4 members (excludes halogenated alkanes) is 10. The van der Waals surface area contributed by atoms with Gasteiger partial charge in [-0.15, -0.1) is 0 Å². The number of amides is 2. The molecular weight excluding hydrogens is 939 g/mol. The number of rotatable bonds is 34. The lowest BCUT2D eigenvalue weighted by Gasteiger charge is -2.42. The van der Waals surface area contributed by atoms with Gasteiger partial charge in [-0.25, -0.2) is 4.79 Å². The molecule has 0 bridgehead atoms. The van der Waals surface area contributed by atoms with E-state index in [1.165, 1.54) is 6.07 Å². The summed E-state index contributed by atoms with van der Waals surface area (Å²) in [5.74, 6) is -59.8. The average Bonchev–Trinajstić information content (AvgIpc) is 3.22. The molecule has 1 aromatic carbocycles. The summed E-state index contributed by atoms with van der Waals surface area (Å²) in [4.78, 5) is 36.9. The smallest absolute Gasteiger partial charge is 0.460 e. The number of esters is 1. The SMILES string of the molecule is CCCCCCNC(=O)CCCCCOc1cc(OCCCCCC(=O)NCCCCCC)cc(C(=O)OCCC(F)(F)C(F)(F)C(F)(F)C(F)(F)C(F)(F)C(F)(F)C(F)(F)C(F)(F)F)c1. The molecule has 2 N–H and O–H groups in total. The fraction of sp³-hybridized carbons (Fsp3) is 0.780. The molecule has 0 heterocycles. The molecule has 2 amide bonds. The molecule has 0 aliphatic rings. The third-order valence-electron chi connectivity index (χ3n) is 9.89. The molecule has 0 radical (unpaired) electrons. The Balaban J connectivity index is 3.09. The Hall–Kier alpha value is -3.96. The highest BCUT2D eigenvalue weighted by Crippen LogP contribution is 2.64. The molecule has 0 aromatic heterocycles. The maximum atomic E-state index is 14.5. The maximum Gasteiger partial charge on any atom is 0.460 e. The predicted molar refractivity (Wildman–Crippen MR) is 204 cm³/mol. The van der Waals surface area contributed by atoms with Crippen molar-refractivity contribution < 1.29 is 103 Å². The normalized spacial score (nSPS) is 13.4. The highest BCUT2D eigenvalue weighted by Gasteiger charge is 2.95. The van der Waals surface area contributed by atoms with Crippen molar-refractivity contribution in [1.29, 1.82) is 0 Å². The van der Waals surface area contributed by atoms with Crippen molar-refractivity contribution in [3.8, 4) is 11.5 Å². The Morgan fingerprint density at radius 1 is 0.455 bits per heavy atom. The fourth-order valence-corrected chi connectivity index (χ4v) is 5.81. The minimum atomic E-state index is -8.76. The van der Waals surface area contributed by atoms with E-state index >= 15 is 0 Å². The van der Waals surface area contributed by atoms with Crippen LogP contribution in [0.15, 0.2) is 18.2 Å². The summed E-state index contributed by atoms with van der Waals surface area (Å²) < 4.78 is 248. The maximum absolute atomic E-state index is 14.5. The second-order valence-corrected chi connectivity index (χ2v) is 15.4. The number of alkyl halides is 17. The van der Waals surface area contributed by atoms with Crippen LogP contribution in [0.5, 0.6) is 11.5 Å². The van der Waals surface area contributed by atoms with E-state index in [0.717, 1.165) is 63.5 Å². The summed E-state index contributed by atoms with van der Waals surface area (Å²) in [6.45, 7) is 2.92. The Bertz CT molecular complexity index is 1590. The quantitative estimate of drug-likeness (QED) is 0.0405. The lowest BCUT2D eigenvalue weighted by Crippen LogP contribution is -2.74. The number of carbonyl (C=O) groups is 3. The van der Waals surface area contributed by atoms with Crippen molar-refractivity contribution in [2.45, 2.75) is 171 Å². The Kier molecular flexibility index (Phi) is 23.6. The molecule has 25 heteroatoms. The first-order valence-electron chi connectivity index (χ1n) is 21.2. The largest absolute Gasteiger partial charge is 0.493 e.